The van der Waals surface area contributed by atoms with E-state index in [-0.39, 0.29) is 5.56 Å². The summed E-state index contributed by atoms with van der Waals surface area (Å²) < 4.78 is 0. The molecule has 1 aromatic heterocycles. The van der Waals surface area contributed by atoms with Gasteiger partial charge in [-0.05, 0) is 55.5 Å². The Morgan fingerprint density at radius 3 is 2.93 bits per heavy atom. The van der Waals surface area contributed by atoms with Crippen molar-refractivity contribution in [2.24, 2.45) is 10.9 Å². The Balaban J connectivity index is 1.74. The highest BCUT2D eigenvalue weighted by Gasteiger charge is 2.46. The first-order valence-corrected chi connectivity index (χ1v) is 10.4. The molecule has 29 heavy (non-hydrogen) atoms. The highest BCUT2D eigenvalue weighted by Crippen LogP contribution is 2.51. The summed E-state index contributed by atoms with van der Waals surface area (Å²) in [4.78, 5) is 20.1. The van der Waals surface area contributed by atoms with Crippen molar-refractivity contribution in [3.8, 4) is 0 Å². The topological polar surface area (TPSA) is 45.2 Å². The maximum absolute atomic E-state index is 11.9. The predicted molar refractivity (Wildman–Crippen MR) is 121 cm³/mol. The number of aryl methyl sites for hydroxylation is 1. The van der Waals surface area contributed by atoms with Gasteiger partial charge in [0.05, 0.1) is 0 Å². The van der Waals surface area contributed by atoms with Crippen molar-refractivity contribution in [3.63, 3.8) is 0 Å². The number of pyridine rings is 1. The van der Waals surface area contributed by atoms with E-state index >= 15 is 0 Å². The Morgan fingerprint density at radius 2 is 2.14 bits per heavy atom. The number of aromatic amines is 1. The van der Waals surface area contributed by atoms with E-state index in [1.807, 2.05) is 18.4 Å². The Morgan fingerprint density at radius 1 is 1.28 bits per heavy atom. The minimum absolute atomic E-state index is 0.0405. The smallest absolute Gasteiger partial charge is 0.248 e. The molecule has 2 aliphatic rings. The Kier molecular flexibility index (Phi) is 5.23. The molecular formula is C26H28N2O. The lowest BCUT2D eigenvalue weighted by atomic mass is 9.63. The van der Waals surface area contributed by atoms with Crippen LogP contribution >= 0.6 is 0 Å². The number of allylic oxidation sites excluding steroid dienone is 3. The number of nitrogens with one attached hydrogen (secondary N) is 1. The molecule has 1 N–H and O–H groups in total. The van der Waals surface area contributed by atoms with Gasteiger partial charge in [-0.2, -0.15) is 0 Å². The second-order valence-corrected chi connectivity index (χ2v) is 8.06. The van der Waals surface area contributed by atoms with Crippen molar-refractivity contribution in [1.29, 1.82) is 0 Å². The molecular weight excluding hydrogens is 356 g/mol. The number of fused-ring (bicyclic) bond motifs is 4. The summed E-state index contributed by atoms with van der Waals surface area (Å²) in [6.45, 7) is 6.46. The fourth-order valence-electron chi connectivity index (χ4n) is 4.89. The minimum atomic E-state index is -0.425. The van der Waals surface area contributed by atoms with Crippen LogP contribution in [0, 0.1) is 5.92 Å². The summed E-state index contributed by atoms with van der Waals surface area (Å²) in [5.74, 6) is 0.293. The lowest BCUT2D eigenvalue weighted by Gasteiger charge is -2.45. The van der Waals surface area contributed by atoms with Crippen molar-refractivity contribution in [1.82, 2.24) is 4.98 Å². The lowest BCUT2D eigenvalue weighted by Crippen LogP contribution is -2.40. The first-order valence-electron chi connectivity index (χ1n) is 10.4. The molecule has 0 spiro atoms. The summed E-state index contributed by atoms with van der Waals surface area (Å²) >= 11 is 0. The van der Waals surface area contributed by atoms with E-state index in [1.165, 1.54) is 22.3 Å². The molecule has 0 aliphatic heterocycles. The highest BCUT2D eigenvalue weighted by molar-refractivity contribution is 5.79. The molecule has 0 saturated heterocycles. The minimum Gasteiger partial charge on any atom is -0.326 e. The maximum Gasteiger partial charge on any atom is 0.248 e. The zero-order valence-corrected chi connectivity index (χ0v) is 17.4. The zero-order valence-electron chi connectivity index (χ0n) is 17.4. The molecule has 2 unspecified atom stereocenters. The number of aromatic nitrogens is 1. The molecule has 0 radical (unpaired) electrons. The van der Waals surface area contributed by atoms with Gasteiger partial charge in [0.15, 0.2) is 0 Å². The summed E-state index contributed by atoms with van der Waals surface area (Å²) in [5, 5.41) is 0. The molecule has 148 valence electrons. The van der Waals surface area contributed by atoms with E-state index < -0.39 is 5.54 Å². The number of nitrogens with zero attached hydrogens (tertiary/aromatic N) is 1. The normalized spacial score (nSPS) is 24.9. The van der Waals surface area contributed by atoms with Crippen LogP contribution in [-0.4, -0.2) is 11.2 Å². The average molecular weight is 385 g/mol. The second kappa shape index (κ2) is 7.82. The first kappa shape index (κ1) is 19.4. The van der Waals surface area contributed by atoms with E-state index in [1.54, 1.807) is 6.07 Å². The number of rotatable bonds is 4. The van der Waals surface area contributed by atoms with Crippen molar-refractivity contribution < 1.29 is 0 Å². The molecule has 4 rings (SSSR count). The van der Waals surface area contributed by atoms with Crippen molar-refractivity contribution >= 4 is 12.3 Å². The highest BCUT2D eigenvalue weighted by atomic mass is 16.1. The van der Waals surface area contributed by atoms with Gasteiger partial charge in [-0.3, -0.25) is 9.79 Å². The Hall–Kier alpha value is -2.94. The van der Waals surface area contributed by atoms with E-state index in [0.717, 1.165) is 30.5 Å². The van der Waals surface area contributed by atoms with Gasteiger partial charge in [0.25, 0.3) is 0 Å². The predicted octanol–water partition coefficient (Wildman–Crippen LogP) is 5.39. The van der Waals surface area contributed by atoms with E-state index in [9.17, 15) is 4.79 Å². The summed E-state index contributed by atoms with van der Waals surface area (Å²) in [6, 6.07) is 12.2. The molecule has 1 heterocycles. The van der Waals surface area contributed by atoms with Crippen LogP contribution in [0.3, 0.4) is 0 Å². The molecule has 0 saturated carbocycles. The van der Waals surface area contributed by atoms with Crippen molar-refractivity contribution in [3.05, 3.63) is 98.5 Å². The van der Waals surface area contributed by atoms with Gasteiger partial charge in [-0.25, -0.2) is 0 Å². The standard InChI is InChI=1S/C26H28N2O/c1-4-19-8-6-9-20(15-19)10-7-13-27-26-17-18(3)14-21(22(26)5-2)16-24-23(26)11-12-25(29)28-24/h5-15,21H,4,16-17H2,1-3H3,(H,28,29)/b10-7+,22-5+,27-13?. The van der Waals surface area contributed by atoms with E-state index in [0.29, 0.717) is 5.92 Å². The molecule has 3 nitrogen and oxygen atoms in total. The molecule has 0 fully saturated rings. The third-order valence-corrected chi connectivity index (χ3v) is 6.11. The number of aliphatic imine (C=N–C) groups is 1. The van der Waals surface area contributed by atoms with Crippen LogP contribution in [0.15, 0.2) is 75.6 Å². The molecule has 2 aliphatic carbocycles. The number of benzene rings is 1. The maximum atomic E-state index is 11.9. The second-order valence-electron chi connectivity index (χ2n) is 8.06. The summed E-state index contributed by atoms with van der Waals surface area (Å²) in [7, 11) is 0. The van der Waals surface area contributed by atoms with E-state index in [2.05, 4.69) is 68.2 Å². The summed E-state index contributed by atoms with van der Waals surface area (Å²) in [6.07, 6.45) is 13.3. The lowest BCUT2D eigenvalue weighted by molar-refractivity contribution is 0.413. The zero-order chi connectivity index (χ0) is 20.4. The number of hydrogen-bond donors (Lipinski definition) is 1. The summed E-state index contributed by atoms with van der Waals surface area (Å²) in [5.41, 5.74) is 6.90. The number of hydrogen-bond acceptors (Lipinski definition) is 2. The van der Waals surface area contributed by atoms with Gasteiger partial charge in [0.2, 0.25) is 5.56 Å². The molecule has 2 bridgehead atoms. The van der Waals surface area contributed by atoms with Crippen LogP contribution in [0.25, 0.3) is 6.08 Å². The van der Waals surface area contributed by atoms with Gasteiger partial charge < -0.3 is 4.98 Å². The molecule has 2 aromatic rings. The molecule has 3 heteroatoms. The van der Waals surface area contributed by atoms with Gasteiger partial charge in [-0.1, -0.05) is 55.0 Å². The van der Waals surface area contributed by atoms with Crippen LogP contribution in [0.5, 0.6) is 0 Å². The third-order valence-electron chi connectivity index (χ3n) is 6.11. The monoisotopic (exact) mass is 384 g/mol. The van der Waals surface area contributed by atoms with Crippen LogP contribution < -0.4 is 5.56 Å². The van der Waals surface area contributed by atoms with Gasteiger partial charge in [0.1, 0.15) is 5.54 Å². The quantitative estimate of drug-likeness (QED) is 0.558. The molecule has 1 aromatic carbocycles. The van der Waals surface area contributed by atoms with Crippen molar-refractivity contribution in [2.75, 3.05) is 0 Å². The first-order chi connectivity index (χ1) is 14.1. The Labute approximate surface area is 172 Å². The van der Waals surface area contributed by atoms with Crippen molar-refractivity contribution in [2.45, 2.75) is 45.6 Å². The van der Waals surface area contributed by atoms with Gasteiger partial charge in [0, 0.05) is 35.9 Å². The number of H-pyrrole nitrogens is 1. The van der Waals surface area contributed by atoms with Crippen LogP contribution in [0.1, 0.15) is 49.6 Å². The average Bonchev–Trinajstić information content (AvgIpc) is 2.70. The van der Waals surface area contributed by atoms with Crippen LogP contribution in [0.2, 0.25) is 0 Å². The fraction of sp³-hybridized carbons (Fsp3) is 0.308. The third kappa shape index (κ3) is 3.57. The largest absolute Gasteiger partial charge is 0.326 e. The van der Waals surface area contributed by atoms with E-state index in [4.69, 9.17) is 4.99 Å². The van der Waals surface area contributed by atoms with Gasteiger partial charge >= 0.3 is 0 Å². The molecule has 0 amide bonds. The SMILES string of the molecule is C/C=C1\C2C=C(C)CC1(N=C/C=C/c1cccc(CC)c1)c1ccc(=O)[nH]c1C2. The molecule has 2 atom stereocenters. The Bertz CT molecular complexity index is 1100. The van der Waals surface area contributed by atoms with Crippen LogP contribution in [-0.2, 0) is 18.4 Å². The fourth-order valence-corrected chi connectivity index (χ4v) is 4.89. The van der Waals surface area contributed by atoms with Gasteiger partial charge in [-0.15, -0.1) is 0 Å². The van der Waals surface area contributed by atoms with Crippen LogP contribution in [0.4, 0.5) is 0 Å².